The second kappa shape index (κ2) is 7.44. The highest BCUT2D eigenvalue weighted by atomic mass is 16.6. The molecule has 0 aromatic heterocycles. The second-order valence-electron chi connectivity index (χ2n) is 4.62. The van der Waals surface area contributed by atoms with E-state index in [2.05, 4.69) is 10.6 Å². The molecule has 0 saturated heterocycles. The first-order valence-electron chi connectivity index (χ1n) is 6.35. The van der Waals surface area contributed by atoms with Gasteiger partial charge in [-0.05, 0) is 6.92 Å². The summed E-state index contributed by atoms with van der Waals surface area (Å²) < 4.78 is 0. The summed E-state index contributed by atoms with van der Waals surface area (Å²) in [7, 11) is 3.33. The molecular weight excluding hydrogens is 260 g/mol. The van der Waals surface area contributed by atoms with Crippen molar-refractivity contribution < 1.29 is 9.72 Å². The SMILES string of the molecule is CC(NCCNC(=O)N(C)C)c1ccccc1[N+](=O)[O-]. The molecule has 0 bridgehead atoms. The molecule has 0 spiro atoms. The number of hydrogen-bond donors (Lipinski definition) is 2. The van der Waals surface area contributed by atoms with Crippen molar-refractivity contribution in [3.8, 4) is 0 Å². The highest BCUT2D eigenvalue weighted by molar-refractivity contribution is 5.73. The molecule has 0 aliphatic heterocycles. The summed E-state index contributed by atoms with van der Waals surface area (Å²) in [4.78, 5) is 23.3. The first-order valence-corrected chi connectivity index (χ1v) is 6.35. The normalized spacial score (nSPS) is 11.8. The zero-order valence-corrected chi connectivity index (χ0v) is 11.9. The Hall–Kier alpha value is -2.15. The molecule has 20 heavy (non-hydrogen) atoms. The average Bonchev–Trinajstić information content (AvgIpc) is 2.42. The molecule has 0 saturated carbocycles. The molecule has 1 atom stereocenters. The Morgan fingerprint density at radius 1 is 1.35 bits per heavy atom. The fourth-order valence-electron chi connectivity index (χ4n) is 1.75. The number of nitro benzene ring substituents is 1. The molecule has 1 rings (SSSR count). The molecule has 110 valence electrons. The zero-order valence-electron chi connectivity index (χ0n) is 11.9. The Morgan fingerprint density at radius 2 is 2.00 bits per heavy atom. The summed E-state index contributed by atoms with van der Waals surface area (Å²) >= 11 is 0. The van der Waals surface area contributed by atoms with Crippen LogP contribution in [0.4, 0.5) is 10.5 Å². The number of carbonyl (C=O) groups excluding carboxylic acids is 1. The molecule has 0 heterocycles. The van der Waals surface area contributed by atoms with Crippen LogP contribution in [0.5, 0.6) is 0 Å². The van der Waals surface area contributed by atoms with Crippen LogP contribution >= 0.6 is 0 Å². The van der Waals surface area contributed by atoms with Gasteiger partial charge in [0.1, 0.15) is 0 Å². The zero-order chi connectivity index (χ0) is 15.1. The summed E-state index contributed by atoms with van der Waals surface area (Å²) in [5, 5.41) is 16.8. The maximum absolute atomic E-state index is 11.3. The van der Waals surface area contributed by atoms with Crippen LogP contribution in [-0.4, -0.2) is 43.0 Å². The molecular formula is C13H20N4O3. The van der Waals surface area contributed by atoms with Crippen molar-refractivity contribution in [1.29, 1.82) is 0 Å². The highest BCUT2D eigenvalue weighted by Gasteiger charge is 2.17. The summed E-state index contributed by atoms with van der Waals surface area (Å²) in [5.74, 6) is 0. The van der Waals surface area contributed by atoms with E-state index in [0.29, 0.717) is 18.7 Å². The maximum Gasteiger partial charge on any atom is 0.316 e. The van der Waals surface area contributed by atoms with Gasteiger partial charge in [-0.25, -0.2) is 4.79 Å². The van der Waals surface area contributed by atoms with E-state index in [0.717, 1.165) is 0 Å². The minimum Gasteiger partial charge on any atom is -0.337 e. The molecule has 0 aliphatic carbocycles. The van der Waals surface area contributed by atoms with E-state index in [1.807, 2.05) is 6.92 Å². The number of carbonyl (C=O) groups is 1. The Labute approximate surface area is 118 Å². The molecule has 2 N–H and O–H groups in total. The topological polar surface area (TPSA) is 87.5 Å². The number of amides is 2. The van der Waals surface area contributed by atoms with E-state index in [1.54, 1.807) is 32.3 Å². The monoisotopic (exact) mass is 280 g/mol. The lowest BCUT2D eigenvalue weighted by atomic mass is 10.1. The van der Waals surface area contributed by atoms with Gasteiger partial charge in [0.05, 0.1) is 4.92 Å². The van der Waals surface area contributed by atoms with E-state index >= 15 is 0 Å². The van der Waals surface area contributed by atoms with Crippen molar-refractivity contribution >= 4 is 11.7 Å². The summed E-state index contributed by atoms with van der Waals surface area (Å²) in [6.45, 7) is 2.85. The third-order valence-corrected chi connectivity index (χ3v) is 2.86. The number of benzene rings is 1. The van der Waals surface area contributed by atoms with E-state index in [4.69, 9.17) is 0 Å². The van der Waals surface area contributed by atoms with Crippen LogP contribution in [-0.2, 0) is 0 Å². The van der Waals surface area contributed by atoms with E-state index < -0.39 is 0 Å². The van der Waals surface area contributed by atoms with E-state index in [1.165, 1.54) is 11.0 Å². The second-order valence-corrected chi connectivity index (χ2v) is 4.62. The van der Waals surface area contributed by atoms with Gasteiger partial charge in [-0.2, -0.15) is 0 Å². The number of para-hydroxylation sites is 1. The molecule has 0 fully saturated rings. The predicted octanol–water partition coefficient (Wildman–Crippen LogP) is 1.52. The first kappa shape index (κ1) is 15.9. The predicted molar refractivity (Wildman–Crippen MR) is 76.6 cm³/mol. The van der Waals surface area contributed by atoms with Crippen LogP contribution in [0.15, 0.2) is 24.3 Å². The molecule has 1 aromatic rings. The van der Waals surface area contributed by atoms with Crippen LogP contribution in [0.1, 0.15) is 18.5 Å². The van der Waals surface area contributed by atoms with Crippen LogP contribution in [0.2, 0.25) is 0 Å². The van der Waals surface area contributed by atoms with Gasteiger partial charge in [-0.3, -0.25) is 10.1 Å². The standard InChI is InChI=1S/C13H20N4O3/c1-10(14-8-9-15-13(18)16(2)3)11-6-4-5-7-12(11)17(19)20/h4-7,10,14H,8-9H2,1-3H3,(H,15,18). The molecule has 0 aliphatic rings. The number of nitrogens with zero attached hydrogens (tertiary/aromatic N) is 2. The number of nitrogens with one attached hydrogen (secondary N) is 2. The number of hydrogen-bond acceptors (Lipinski definition) is 4. The summed E-state index contributed by atoms with van der Waals surface area (Å²) in [6.07, 6.45) is 0. The van der Waals surface area contributed by atoms with Crippen molar-refractivity contribution in [2.45, 2.75) is 13.0 Å². The van der Waals surface area contributed by atoms with Crippen molar-refractivity contribution in [2.75, 3.05) is 27.2 Å². The van der Waals surface area contributed by atoms with Crippen molar-refractivity contribution in [3.63, 3.8) is 0 Å². The van der Waals surface area contributed by atoms with Crippen LogP contribution in [0.25, 0.3) is 0 Å². The van der Waals surface area contributed by atoms with Gasteiger partial charge < -0.3 is 15.5 Å². The molecule has 2 amide bonds. The van der Waals surface area contributed by atoms with Crippen LogP contribution in [0.3, 0.4) is 0 Å². The van der Waals surface area contributed by atoms with Crippen molar-refractivity contribution in [2.24, 2.45) is 0 Å². The number of nitro groups is 1. The third-order valence-electron chi connectivity index (χ3n) is 2.86. The van der Waals surface area contributed by atoms with Crippen molar-refractivity contribution in [3.05, 3.63) is 39.9 Å². The quantitative estimate of drug-likeness (QED) is 0.470. The Balaban J connectivity index is 2.49. The first-order chi connectivity index (χ1) is 9.43. The lowest BCUT2D eigenvalue weighted by molar-refractivity contribution is -0.385. The minimum atomic E-state index is -0.388. The van der Waals surface area contributed by atoms with Crippen LogP contribution in [0, 0.1) is 10.1 Å². The van der Waals surface area contributed by atoms with E-state index in [9.17, 15) is 14.9 Å². The molecule has 1 aromatic carbocycles. The molecule has 1 unspecified atom stereocenters. The van der Waals surface area contributed by atoms with Gasteiger partial charge in [0.2, 0.25) is 0 Å². The molecule has 0 radical (unpaired) electrons. The van der Waals surface area contributed by atoms with Gasteiger partial charge in [0, 0.05) is 44.9 Å². The smallest absolute Gasteiger partial charge is 0.316 e. The van der Waals surface area contributed by atoms with Gasteiger partial charge in [-0.1, -0.05) is 18.2 Å². The largest absolute Gasteiger partial charge is 0.337 e. The lowest BCUT2D eigenvalue weighted by Gasteiger charge is -2.16. The lowest BCUT2D eigenvalue weighted by Crippen LogP contribution is -2.38. The number of rotatable bonds is 6. The average molecular weight is 280 g/mol. The fourth-order valence-corrected chi connectivity index (χ4v) is 1.75. The number of urea groups is 1. The minimum absolute atomic E-state index is 0.102. The third kappa shape index (κ3) is 4.51. The Kier molecular flexibility index (Phi) is 5.92. The van der Waals surface area contributed by atoms with Crippen molar-refractivity contribution in [1.82, 2.24) is 15.5 Å². The Bertz CT molecular complexity index is 476. The Morgan fingerprint density at radius 3 is 2.60 bits per heavy atom. The highest BCUT2D eigenvalue weighted by Crippen LogP contribution is 2.23. The van der Waals surface area contributed by atoms with Gasteiger partial charge in [-0.15, -0.1) is 0 Å². The maximum atomic E-state index is 11.3. The molecule has 7 nitrogen and oxygen atoms in total. The van der Waals surface area contributed by atoms with Gasteiger partial charge >= 0.3 is 6.03 Å². The van der Waals surface area contributed by atoms with Gasteiger partial charge in [0.15, 0.2) is 0 Å². The van der Waals surface area contributed by atoms with Crippen LogP contribution < -0.4 is 10.6 Å². The van der Waals surface area contributed by atoms with E-state index in [-0.39, 0.29) is 22.7 Å². The summed E-state index contributed by atoms with van der Waals surface area (Å²) in [5.41, 5.74) is 0.737. The van der Waals surface area contributed by atoms with Gasteiger partial charge in [0.25, 0.3) is 5.69 Å². The fraction of sp³-hybridized carbons (Fsp3) is 0.462. The molecule has 7 heteroatoms. The summed E-state index contributed by atoms with van der Waals surface area (Å²) in [6, 6.07) is 6.31.